The molecule has 3 aliphatic rings. The summed E-state index contributed by atoms with van der Waals surface area (Å²) in [5.41, 5.74) is 5.80. The van der Waals surface area contributed by atoms with Gasteiger partial charge < -0.3 is 48.4 Å². The van der Waals surface area contributed by atoms with Crippen molar-refractivity contribution in [2.24, 2.45) is 28.9 Å². The van der Waals surface area contributed by atoms with E-state index in [-0.39, 0.29) is 17.8 Å². The minimum Gasteiger partial charge on any atom is -0.380 e. The second kappa shape index (κ2) is 13.1. The second-order valence-corrected chi connectivity index (χ2v) is 11.9. The van der Waals surface area contributed by atoms with Crippen molar-refractivity contribution in [2.45, 2.75) is 58.9 Å². The van der Waals surface area contributed by atoms with Gasteiger partial charge in [0.2, 0.25) is 0 Å². The van der Waals surface area contributed by atoms with E-state index in [1.807, 2.05) is 41.5 Å². The van der Waals surface area contributed by atoms with Gasteiger partial charge >= 0.3 is 0 Å². The molecule has 0 aromatic rings. The molecule has 0 aromatic carbocycles. The Labute approximate surface area is 216 Å². The van der Waals surface area contributed by atoms with Gasteiger partial charge in [0, 0.05) is 24.3 Å². The number of nitrogens with two attached hydrogens (primary N) is 1. The zero-order chi connectivity index (χ0) is 26.3. The Hall–Kier alpha value is -0.400. The monoisotopic (exact) mass is 519 g/mol. The van der Waals surface area contributed by atoms with Gasteiger partial charge in [0.05, 0.1) is 84.7 Å². The Morgan fingerprint density at radius 1 is 0.556 bits per heavy atom. The first-order valence-corrected chi connectivity index (χ1v) is 13.2. The lowest BCUT2D eigenvalue weighted by molar-refractivity contribution is -0.269. The summed E-state index contributed by atoms with van der Waals surface area (Å²) in [6, 6.07) is 0. The molecule has 0 atom stereocenters. The van der Waals surface area contributed by atoms with E-state index in [1.165, 1.54) is 0 Å². The molecule has 0 saturated carbocycles. The van der Waals surface area contributed by atoms with Crippen molar-refractivity contribution in [1.82, 2.24) is 0 Å². The molecule has 3 saturated heterocycles. The lowest BCUT2D eigenvalue weighted by Crippen LogP contribution is -2.47. The second-order valence-electron chi connectivity index (χ2n) is 11.9. The largest absolute Gasteiger partial charge is 0.380 e. The summed E-state index contributed by atoms with van der Waals surface area (Å²) in [5.74, 6) is -1.09. The van der Waals surface area contributed by atoms with E-state index >= 15 is 0 Å². The number of ether oxygens (including phenoxy) is 9. The van der Waals surface area contributed by atoms with Gasteiger partial charge in [0.15, 0.2) is 17.4 Å². The molecule has 3 rings (SSSR count). The lowest BCUT2D eigenvalue weighted by atomic mass is 9.91. The minimum atomic E-state index is -0.539. The fourth-order valence-electron chi connectivity index (χ4n) is 4.10. The topological polar surface area (TPSA) is 109 Å². The molecule has 0 spiro atoms. The molecule has 0 radical (unpaired) electrons. The molecule has 10 nitrogen and oxygen atoms in total. The molecule has 10 heteroatoms. The van der Waals surface area contributed by atoms with E-state index in [2.05, 4.69) is 0 Å². The molecular weight excluding hydrogens is 470 g/mol. The summed E-state index contributed by atoms with van der Waals surface area (Å²) < 4.78 is 53.0. The molecular formula is C26H49NO9. The van der Waals surface area contributed by atoms with Gasteiger partial charge in [-0.25, -0.2) is 0 Å². The van der Waals surface area contributed by atoms with Crippen molar-refractivity contribution in [3.8, 4) is 0 Å². The summed E-state index contributed by atoms with van der Waals surface area (Å²) >= 11 is 0. The quantitative estimate of drug-likeness (QED) is 0.389. The molecule has 3 heterocycles. The van der Waals surface area contributed by atoms with E-state index in [1.54, 1.807) is 0 Å². The van der Waals surface area contributed by atoms with Crippen LogP contribution in [0.3, 0.4) is 0 Å². The van der Waals surface area contributed by atoms with Crippen LogP contribution in [0.5, 0.6) is 0 Å². The molecule has 212 valence electrons. The van der Waals surface area contributed by atoms with Crippen LogP contribution in [0.2, 0.25) is 0 Å². The molecule has 36 heavy (non-hydrogen) atoms. The third kappa shape index (κ3) is 10.1. The molecule has 0 unspecified atom stereocenters. The van der Waals surface area contributed by atoms with E-state index in [4.69, 9.17) is 48.4 Å². The van der Waals surface area contributed by atoms with E-state index in [0.717, 1.165) is 0 Å². The number of rotatable bonds is 13. The Balaban J connectivity index is 1.47. The Morgan fingerprint density at radius 3 is 1.03 bits per heavy atom. The van der Waals surface area contributed by atoms with Crippen molar-refractivity contribution in [3.63, 3.8) is 0 Å². The van der Waals surface area contributed by atoms with Crippen LogP contribution in [0, 0.1) is 23.2 Å². The lowest BCUT2D eigenvalue weighted by Gasteiger charge is -2.38. The molecule has 3 fully saturated rings. The highest BCUT2D eigenvalue weighted by Gasteiger charge is 2.35. The van der Waals surface area contributed by atoms with Crippen molar-refractivity contribution in [3.05, 3.63) is 0 Å². The Bertz CT molecular complexity index is 544. The molecule has 0 bridgehead atoms. The van der Waals surface area contributed by atoms with E-state index in [0.29, 0.717) is 85.8 Å². The number of hydrogen-bond donors (Lipinski definition) is 1. The van der Waals surface area contributed by atoms with E-state index < -0.39 is 22.8 Å². The van der Waals surface area contributed by atoms with Gasteiger partial charge in [-0.15, -0.1) is 0 Å². The fraction of sp³-hybridized carbons (Fsp3) is 1.00. The maximum Gasteiger partial charge on any atom is 0.162 e. The third-order valence-electron chi connectivity index (χ3n) is 6.72. The highest BCUT2D eigenvalue weighted by molar-refractivity contribution is 4.82. The summed E-state index contributed by atoms with van der Waals surface area (Å²) in [6.07, 6.45) is 0. The van der Waals surface area contributed by atoms with Crippen LogP contribution >= 0.6 is 0 Å². The third-order valence-corrected chi connectivity index (χ3v) is 6.72. The predicted molar refractivity (Wildman–Crippen MR) is 132 cm³/mol. The minimum absolute atomic E-state index is 0.176. The van der Waals surface area contributed by atoms with Gasteiger partial charge in [-0.1, -0.05) is 0 Å². The summed E-state index contributed by atoms with van der Waals surface area (Å²) in [7, 11) is 0. The molecule has 0 amide bonds. The van der Waals surface area contributed by atoms with Crippen LogP contribution in [0.1, 0.15) is 41.5 Å². The van der Waals surface area contributed by atoms with Crippen molar-refractivity contribution in [2.75, 3.05) is 85.8 Å². The van der Waals surface area contributed by atoms with Gasteiger partial charge in [0.25, 0.3) is 0 Å². The SMILES string of the molecule is CC1(C)OCC(COCC(CN)(COCC2COC(C)(C)OC2)COCC2COC(C)(C)OC2)CO1. The van der Waals surface area contributed by atoms with Crippen molar-refractivity contribution >= 4 is 0 Å². The van der Waals surface area contributed by atoms with Crippen LogP contribution in [-0.2, 0) is 42.6 Å². The van der Waals surface area contributed by atoms with Crippen molar-refractivity contribution in [1.29, 1.82) is 0 Å². The van der Waals surface area contributed by atoms with Gasteiger partial charge in [0.1, 0.15) is 0 Å². The summed E-state index contributed by atoms with van der Waals surface area (Å²) in [6.45, 7) is 18.3. The first-order chi connectivity index (χ1) is 16.9. The maximum atomic E-state index is 6.28. The normalized spacial score (nSPS) is 25.8. The first kappa shape index (κ1) is 30.1. The van der Waals surface area contributed by atoms with Gasteiger partial charge in [-0.2, -0.15) is 0 Å². The highest BCUT2D eigenvalue weighted by Crippen LogP contribution is 2.26. The van der Waals surface area contributed by atoms with Crippen LogP contribution in [0.25, 0.3) is 0 Å². The summed E-state index contributed by atoms with van der Waals surface area (Å²) in [4.78, 5) is 0. The highest BCUT2D eigenvalue weighted by atomic mass is 16.7. The summed E-state index contributed by atoms with van der Waals surface area (Å²) in [5, 5.41) is 0. The van der Waals surface area contributed by atoms with E-state index in [9.17, 15) is 0 Å². The van der Waals surface area contributed by atoms with Gasteiger partial charge in [-0.3, -0.25) is 0 Å². The van der Waals surface area contributed by atoms with Crippen LogP contribution < -0.4 is 5.73 Å². The molecule has 0 aliphatic carbocycles. The average Bonchev–Trinajstić information content (AvgIpc) is 2.82. The number of hydrogen-bond acceptors (Lipinski definition) is 10. The first-order valence-electron chi connectivity index (χ1n) is 13.2. The molecule has 2 N–H and O–H groups in total. The van der Waals surface area contributed by atoms with Crippen LogP contribution in [0.4, 0.5) is 0 Å². The zero-order valence-electron chi connectivity index (χ0n) is 23.2. The predicted octanol–water partition coefficient (Wildman–Crippen LogP) is 2.18. The smallest absolute Gasteiger partial charge is 0.162 e. The maximum absolute atomic E-state index is 6.28. The van der Waals surface area contributed by atoms with Gasteiger partial charge in [-0.05, 0) is 41.5 Å². The fourth-order valence-corrected chi connectivity index (χ4v) is 4.10. The Kier molecular flexibility index (Phi) is 11.0. The average molecular weight is 520 g/mol. The standard InChI is InChI=1S/C26H49NO9/c1-23(2)31-10-20(11-32-23)7-28-17-26(16-27,18-29-8-21-12-33-24(3,4)34-13-21)19-30-9-22-14-35-25(5,6)36-15-22/h20-22H,7-19,27H2,1-6H3. The zero-order valence-corrected chi connectivity index (χ0v) is 23.2. The van der Waals surface area contributed by atoms with Crippen molar-refractivity contribution < 1.29 is 42.6 Å². The van der Waals surface area contributed by atoms with Crippen LogP contribution in [-0.4, -0.2) is 103 Å². The Morgan fingerprint density at radius 2 is 0.806 bits per heavy atom. The molecule has 0 aromatic heterocycles. The van der Waals surface area contributed by atoms with Crippen LogP contribution in [0.15, 0.2) is 0 Å². The molecule has 3 aliphatic heterocycles.